The third-order valence-electron chi connectivity index (χ3n) is 3.02. The van der Waals surface area contributed by atoms with Crippen LogP contribution in [0.15, 0.2) is 0 Å². The van der Waals surface area contributed by atoms with E-state index in [2.05, 4.69) is 19.2 Å². The summed E-state index contributed by atoms with van der Waals surface area (Å²) in [4.78, 5) is 10.7. The van der Waals surface area contributed by atoms with Gasteiger partial charge in [0.15, 0.2) is 0 Å². The largest absolute Gasteiger partial charge is 0.481 e. The molecular weight excluding hydrogens is 166 g/mol. The Kier molecular flexibility index (Phi) is 3.72. The van der Waals surface area contributed by atoms with E-state index in [1.807, 2.05) is 0 Å². The van der Waals surface area contributed by atoms with Gasteiger partial charge in [-0.15, -0.1) is 0 Å². The molecule has 0 spiro atoms. The van der Waals surface area contributed by atoms with Crippen LogP contribution in [-0.4, -0.2) is 23.7 Å². The highest BCUT2D eigenvalue weighted by molar-refractivity contribution is 5.72. The van der Waals surface area contributed by atoms with E-state index in [1.54, 1.807) is 0 Å². The topological polar surface area (TPSA) is 49.3 Å². The van der Waals surface area contributed by atoms with Crippen LogP contribution in [0.2, 0.25) is 0 Å². The zero-order valence-corrected chi connectivity index (χ0v) is 8.42. The number of aliphatic carboxylic acids is 1. The van der Waals surface area contributed by atoms with E-state index >= 15 is 0 Å². The lowest BCUT2D eigenvalue weighted by molar-refractivity contribution is -0.146. The second kappa shape index (κ2) is 4.61. The van der Waals surface area contributed by atoms with Gasteiger partial charge in [0, 0.05) is 6.04 Å². The minimum absolute atomic E-state index is 0.135. The number of carbonyl (C=O) groups is 1. The van der Waals surface area contributed by atoms with Gasteiger partial charge in [0.25, 0.3) is 0 Å². The molecule has 0 aromatic heterocycles. The molecular formula is C10H19NO2. The molecule has 0 heterocycles. The predicted molar refractivity (Wildman–Crippen MR) is 51.6 cm³/mol. The van der Waals surface area contributed by atoms with Crippen molar-refractivity contribution in [3.05, 3.63) is 0 Å². The quantitative estimate of drug-likeness (QED) is 0.682. The van der Waals surface area contributed by atoms with E-state index in [-0.39, 0.29) is 12.0 Å². The lowest BCUT2D eigenvalue weighted by atomic mass is 9.79. The first-order valence-electron chi connectivity index (χ1n) is 5.11. The summed E-state index contributed by atoms with van der Waals surface area (Å²) in [6, 6.07) is 0.228. The number of nitrogens with one attached hydrogen (secondary N) is 1. The zero-order valence-electron chi connectivity index (χ0n) is 8.42. The highest BCUT2D eigenvalue weighted by Crippen LogP contribution is 2.27. The van der Waals surface area contributed by atoms with E-state index < -0.39 is 5.97 Å². The second-order valence-corrected chi connectivity index (χ2v) is 4.05. The first-order chi connectivity index (χ1) is 6.15. The normalized spacial score (nSPS) is 29.4. The molecule has 3 atom stereocenters. The van der Waals surface area contributed by atoms with Crippen LogP contribution in [0.1, 0.15) is 33.1 Å². The summed E-state index contributed by atoms with van der Waals surface area (Å²) >= 11 is 0. The van der Waals surface area contributed by atoms with Gasteiger partial charge >= 0.3 is 5.97 Å². The van der Waals surface area contributed by atoms with Crippen LogP contribution in [0.3, 0.4) is 0 Å². The van der Waals surface area contributed by atoms with E-state index in [0.717, 1.165) is 25.8 Å². The Morgan fingerprint density at radius 2 is 2.31 bits per heavy atom. The molecule has 1 saturated carbocycles. The predicted octanol–water partition coefficient (Wildman–Crippen LogP) is 1.49. The standard InChI is InChI=1S/C10H19NO2/c1-3-7(2)6-11-9-5-4-8(9)10(12)13/h7-9,11H,3-6H2,1-2H3,(H,12,13). The van der Waals surface area contributed by atoms with Crippen molar-refractivity contribution in [3.63, 3.8) is 0 Å². The molecule has 3 heteroatoms. The molecule has 0 bridgehead atoms. The molecule has 13 heavy (non-hydrogen) atoms. The van der Waals surface area contributed by atoms with E-state index in [9.17, 15) is 4.79 Å². The fourth-order valence-corrected chi connectivity index (χ4v) is 1.54. The number of hydrogen-bond donors (Lipinski definition) is 2. The summed E-state index contributed by atoms with van der Waals surface area (Å²) < 4.78 is 0. The van der Waals surface area contributed by atoms with Crippen molar-refractivity contribution in [1.82, 2.24) is 5.32 Å². The summed E-state index contributed by atoms with van der Waals surface area (Å²) in [5.74, 6) is -0.132. The summed E-state index contributed by atoms with van der Waals surface area (Å²) in [7, 11) is 0. The molecule has 0 radical (unpaired) electrons. The average molecular weight is 185 g/mol. The number of rotatable bonds is 5. The second-order valence-electron chi connectivity index (χ2n) is 4.05. The lowest BCUT2D eigenvalue weighted by Crippen LogP contribution is -2.48. The molecule has 1 rings (SSSR count). The van der Waals surface area contributed by atoms with Gasteiger partial charge in [-0.2, -0.15) is 0 Å². The minimum atomic E-state index is -0.645. The Bertz CT molecular complexity index is 182. The Morgan fingerprint density at radius 3 is 2.69 bits per heavy atom. The lowest BCUT2D eigenvalue weighted by Gasteiger charge is -2.34. The number of hydrogen-bond acceptors (Lipinski definition) is 2. The Labute approximate surface area is 79.5 Å². The highest BCUT2D eigenvalue weighted by Gasteiger charge is 2.35. The van der Waals surface area contributed by atoms with Crippen LogP contribution >= 0.6 is 0 Å². The van der Waals surface area contributed by atoms with Crippen molar-refractivity contribution >= 4 is 5.97 Å². The summed E-state index contributed by atoms with van der Waals surface area (Å²) in [6.07, 6.45) is 3.01. The third-order valence-corrected chi connectivity index (χ3v) is 3.02. The zero-order chi connectivity index (χ0) is 9.84. The molecule has 3 unspecified atom stereocenters. The summed E-state index contributed by atoms with van der Waals surface area (Å²) in [5.41, 5.74) is 0. The monoisotopic (exact) mass is 185 g/mol. The van der Waals surface area contributed by atoms with Gasteiger partial charge in [0.05, 0.1) is 5.92 Å². The molecule has 0 amide bonds. The van der Waals surface area contributed by atoms with Crippen molar-refractivity contribution in [3.8, 4) is 0 Å². The first-order valence-corrected chi connectivity index (χ1v) is 5.11. The van der Waals surface area contributed by atoms with Gasteiger partial charge < -0.3 is 10.4 Å². The van der Waals surface area contributed by atoms with Gasteiger partial charge in [-0.25, -0.2) is 0 Å². The molecule has 2 N–H and O–H groups in total. The smallest absolute Gasteiger partial charge is 0.308 e. The van der Waals surface area contributed by atoms with Gasteiger partial charge in [-0.1, -0.05) is 20.3 Å². The molecule has 1 aliphatic carbocycles. The fourth-order valence-electron chi connectivity index (χ4n) is 1.54. The summed E-state index contributed by atoms with van der Waals surface area (Å²) in [5, 5.41) is 12.1. The molecule has 0 aliphatic heterocycles. The van der Waals surface area contributed by atoms with Gasteiger partial charge in [-0.05, 0) is 25.3 Å². The number of carboxylic acids is 1. The van der Waals surface area contributed by atoms with Crippen molar-refractivity contribution in [2.75, 3.05) is 6.54 Å². The maximum atomic E-state index is 10.7. The van der Waals surface area contributed by atoms with Crippen LogP contribution in [-0.2, 0) is 4.79 Å². The average Bonchev–Trinajstić information content (AvgIpc) is 2.01. The maximum absolute atomic E-state index is 10.7. The van der Waals surface area contributed by atoms with Crippen molar-refractivity contribution < 1.29 is 9.90 Å². The molecule has 3 nitrogen and oxygen atoms in total. The van der Waals surface area contributed by atoms with E-state index in [4.69, 9.17) is 5.11 Å². The maximum Gasteiger partial charge on any atom is 0.308 e. The van der Waals surface area contributed by atoms with Crippen LogP contribution in [0.5, 0.6) is 0 Å². The first kappa shape index (κ1) is 10.5. The van der Waals surface area contributed by atoms with Crippen molar-refractivity contribution in [2.24, 2.45) is 11.8 Å². The van der Waals surface area contributed by atoms with Crippen LogP contribution < -0.4 is 5.32 Å². The van der Waals surface area contributed by atoms with E-state index in [1.165, 1.54) is 0 Å². The SMILES string of the molecule is CCC(C)CNC1CCC1C(=O)O. The molecule has 76 valence electrons. The van der Waals surface area contributed by atoms with Gasteiger partial charge in [-0.3, -0.25) is 4.79 Å². The highest BCUT2D eigenvalue weighted by atomic mass is 16.4. The fraction of sp³-hybridized carbons (Fsp3) is 0.900. The molecule has 1 fully saturated rings. The van der Waals surface area contributed by atoms with Crippen molar-refractivity contribution in [1.29, 1.82) is 0 Å². The van der Waals surface area contributed by atoms with Crippen LogP contribution in [0, 0.1) is 11.8 Å². The molecule has 0 aromatic carbocycles. The molecule has 0 saturated heterocycles. The van der Waals surface area contributed by atoms with Gasteiger partial charge in [0.2, 0.25) is 0 Å². The van der Waals surface area contributed by atoms with E-state index in [0.29, 0.717) is 5.92 Å². The van der Waals surface area contributed by atoms with Crippen molar-refractivity contribution in [2.45, 2.75) is 39.2 Å². The Balaban J connectivity index is 2.19. The molecule has 0 aromatic rings. The Morgan fingerprint density at radius 1 is 1.62 bits per heavy atom. The Hall–Kier alpha value is -0.570. The third kappa shape index (κ3) is 2.69. The summed E-state index contributed by atoms with van der Waals surface area (Å²) in [6.45, 7) is 5.29. The van der Waals surface area contributed by atoms with Gasteiger partial charge in [0.1, 0.15) is 0 Å². The minimum Gasteiger partial charge on any atom is -0.481 e. The number of carboxylic acid groups (broad SMARTS) is 1. The van der Waals surface area contributed by atoms with Crippen LogP contribution in [0.4, 0.5) is 0 Å². The van der Waals surface area contributed by atoms with Crippen LogP contribution in [0.25, 0.3) is 0 Å². The molecule has 1 aliphatic rings.